The molecule has 0 N–H and O–H groups in total. The Morgan fingerprint density at radius 3 is 2.45 bits per heavy atom. The molecule has 3 heteroatoms. The number of hydrogen-bond donors (Lipinski definition) is 0. The summed E-state index contributed by atoms with van der Waals surface area (Å²) in [5.74, 6) is -0.601. The van der Waals surface area contributed by atoms with Gasteiger partial charge in [0.2, 0.25) is 0 Å². The Labute approximate surface area is 129 Å². The Morgan fingerprint density at radius 2 is 1.80 bits per heavy atom. The average molecular weight is 337 g/mol. The number of benzene rings is 1. The van der Waals surface area contributed by atoms with E-state index >= 15 is 0 Å². The van der Waals surface area contributed by atoms with E-state index in [1.165, 1.54) is 0 Å². The third-order valence-corrected chi connectivity index (χ3v) is 4.17. The van der Waals surface area contributed by atoms with Crippen molar-refractivity contribution in [1.82, 2.24) is 0 Å². The predicted molar refractivity (Wildman–Crippen MR) is 85.9 cm³/mol. The largest absolute Gasteiger partial charge is 0.342 e. The minimum atomic E-state index is -0.601. The molecule has 1 aliphatic heterocycles. The topological polar surface area (TPSA) is 18.5 Å². The SMILES string of the molecule is C/C=C/C=C/[C@@H]1OC(C)(C)O[C@@H](c2ccccc2)[C@H]1Br. The summed E-state index contributed by atoms with van der Waals surface area (Å²) in [6.07, 6.45) is 8.03. The van der Waals surface area contributed by atoms with E-state index in [9.17, 15) is 0 Å². The standard InChI is InChI=1S/C17H21BrO2/c1-4-5-7-12-14-15(18)16(20-17(2,3)19-14)13-10-8-6-9-11-13/h4-12,14-16H,1-3H3/b5-4+,12-7+/t14-,15-,16-/m0/s1. The van der Waals surface area contributed by atoms with E-state index < -0.39 is 5.79 Å². The predicted octanol–water partition coefficient (Wildman–Crippen LogP) is 4.78. The smallest absolute Gasteiger partial charge is 0.164 e. The van der Waals surface area contributed by atoms with Crippen molar-refractivity contribution in [3.05, 3.63) is 60.2 Å². The third kappa shape index (κ3) is 3.81. The number of allylic oxidation sites excluding steroid dienone is 3. The Morgan fingerprint density at radius 1 is 1.10 bits per heavy atom. The van der Waals surface area contributed by atoms with Crippen molar-refractivity contribution in [2.24, 2.45) is 0 Å². The highest BCUT2D eigenvalue weighted by Gasteiger charge is 2.41. The third-order valence-electron chi connectivity index (χ3n) is 3.17. The normalized spacial score (nSPS) is 30.1. The Bertz CT molecular complexity index is 479. The monoisotopic (exact) mass is 336 g/mol. The quantitative estimate of drug-likeness (QED) is 0.584. The summed E-state index contributed by atoms with van der Waals surface area (Å²) in [6, 6.07) is 10.3. The van der Waals surface area contributed by atoms with Crippen molar-refractivity contribution in [3.63, 3.8) is 0 Å². The highest BCUT2D eigenvalue weighted by atomic mass is 79.9. The maximum atomic E-state index is 6.09. The van der Waals surface area contributed by atoms with Crippen molar-refractivity contribution < 1.29 is 9.47 Å². The summed E-state index contributed by atoms with van der Waals surface area (Å²) in [4.78, 5) is 0.0828. The molecule has 1 saturated heterocycles. The molecule has 1 fully saturated rings. The van der Waals surface area contributed by atoms with E-state index in [0.29, 0.717) is 0 Å². The zero-order chi connectivity index (χ0) is 14.6. The molecular weight excluding hydrogens is 316 g/mol. The van der Waals surface area contributed by atoms with Crippen LogP contribution in [0.5, 0.6) is 0 Å². The molecule has 1 aromatic rings. The summed E-state index contributed by atoms with van der Waals surface area (Å²) in [5.41, 5.74) is 1.16. The van der Waals surface area contributed by atoms with Crippen LogP contribution in [0.15, 0.2) is 54.6 Å². The fourth-order valence-electron chi connectivity index (χ4n) is 2.29. The molecule has 0 aromatic heterocycles. The van der Waals surface area contributed by atoms with Gasteiger partial charge >= 0.3 is 0 Å². The summed E-state index contributed by atoms with van der Waals surface area (Å²) < 4.78 is 12.1. The second-order valence-electron chi connectivity index (χ2n) is 5.29. The van der Waals surface area contributed by atoms with Gasteiger partial charge in [-0.15, -0.1) is 0 Å². The molecule has 0 spiro atoms. The molecule has 2 nitrogen and oxygen atoms in total. The lowest BCUT2D eigenvalue weighted by atomic mass is 10.0. The lowest BCUT2D eigenvalue weighted by molar-refractivity contribution is -0.288. The summed E-state index contributed by atoms with van der Waals surface area (Å²) in [5, 5.41) is 0. The first-order valence-electron chi connectivity index (χ1n) is 6.87. The lowest BCUT2D eigenvalue weighted by Gasteiger charge is -2.43. The molecule has 1 heterocycles. The number of rotatable bonds is 3. The number of hydrogen-bond acceptors (Lipinski definition) is 2. The molecule has 0 bridgehead atoms. The van der Waals surface area contributed by atoms with Gasteiger partial charge in [-0.05, 0) is 26.3 Å². The number of halogens is 1. The van der Waals surface area contributed by atoms with Gasteiger partial charge in [0.05, 0.1) is 10.9 Å². The van der Waals surface area contributed by atoms with E-state index in [1.807, 2.05) is 57.2 Å². The summed E-state index contributed by atoms with van der Waals surface area (Å²) in [7, 11) is 0. The molecule has 0 radical (unpaired) electrons. The molecule has 20 heavy (non-hydrogen) atoms. The van der Waals surface area contributed by atoms with Gasteiger partial charge in [-0.1, -0.05) is 70.6 Å². The van der Waals surface area contributed by atoms with Crippen LogP contribution in [0.3, 0.4) is 0 Å². The van der Waals surface area contributed by atoms with Crippen LogP contribution < -0.4 is 0 Å². The van der Waals surface area contributed by atoms with Crippen LogP contribution in [-0.2, 0) is 9.47 Å². The van der Waals surface area contributed by atoms with E-state index in [1.54, 1.807) is 0 Å². The molecule has 0 saturated carbocycles. The number of ether oxygens (including phenoxy) is 2. The molecule has 0 amide bonds. The van der Waals surface area contributed by atoms with Crippen molar-refractivity contribution in [2.45, 2.75) is 43.6 Å². The van der Waals surface area contributed by atoms with E-state index in [4.69, 9.17) is 9.47 Å². The Kier molecular flexibility index (Phi) is 5.19. The van der Waals surface area contributed by atoms with Crippen LogP contribution in [-0.4, -0.2) is 16.7 Å². The molecule has 1 aromatic carbocycles. The van der Waals surface area contributed by atoms with Gasteiger partial charge in [0.15, 0.2) is 5.79 Å². The fraction of sp³-hybridized carbons (Fsp3) is 0.412. The highest BCUT2D eigenvalue weighted by molar-refractivity contribution is 9.09. The van der Waals surface area contributed by atoms with Crippen molar-refractivity contribution in [3.8, 4) is 0 Å². The van der Waals surface area contributed by atoms with Gasteiger partial charge in [0.25, 0.3) is 0 Å². The first-order chi connectivity index (χ1) is 9.53. The zero-order valence-corrected chi connectivity index (χ0v) is 13.7. The fourth-order valence-corrected chi connectivity index (χ4v) is 2.99. The minimum Gasteiger partial charge on any atom is -0.342 e. The lowest BCUT2D eigenvalue weighted by Crippen LogP contribution is -2.47. The Hall–Kier alpha value is -0.900. The van der Waals surface area contributed by atoms with Crippen LogP contribution in [0.4, 0.5) is 0 Å². The second kappa shape index (κ2) is 6.70. The molecule has 3 atom stereocenters. The van der Waals surface area contributed by atoms with Crippen LogP contribution >= 0.6 is 15.9 Å². The zero-order valence-electron chi connectivity index (χ0n) is 12.1. The molecule has 1 aliphatic rings. The van der Waals surface area contributed by atoms with Gasteiger partial charge in [-0.2, -0.15) is 0 Å². The van der Waals surface area contributed by atoms with Crippen LogP contribution in [0.25, 0.3) is 0 Å². The van der Waals surface area contributed by atoms with Gasteiger partial charge in [0.1, 0.15) is 6.10 Å². The summed E-state index contributed by atoms with van der Waals surface area (Å²) >= 11 is 3.74. The number of alkyl halides is 1. The van der Waals surface area contributed by atoms with E-state index in [-0.39, 0.29) is 17.0 Å². The molecule has 0 aliphatic carbocycles. The van der Waals surface area contributed by atoms with Gasteiger partial charge in [-0.3, -0.25) is 0 Å². The van der Waals surface area contributed by atoms with Crippen LogP contribution in [0, 0.1) is 0 Å². The van der Waals surface area contributed by atoms with Gasteiger partial charge in [-0.25, -0.2) is 0 Å². The van der Waals surface area contributed by atoms with E-state index in [2.05, 4.69) is 34.1 Å². The van der Waals surface area contributed by atoms with Crippen LogP contribution in [0.2, 0.25) is 0 Å². The maximum absolute atomic E-state index is 6.09. The maximum Gasteiger partial charge on any atom is 0.164 e. The van der Waals surface area contributed by atoms with E-state index in [0.717, 1.165) is 5.56 Å². The Balaban J connectivity index is 2.24. The first kappa shape index (κ1) is 15.5. The second-order valence-corrected chi connectivity index (χ2v) is 6.34. The van der Waals surface area contributed by atoms with Crippen molar-refractivity contribution in [2.75, 3.05) is 0 Å². The first-order valence-corrected chi connectivity index (χ1v) is 7.79. The van der Waals surface area contributed by atoms with Crippen LogP contribution in [0.1, 0.15) is 32.4 Å². The van der Waals surface area contributed by atoms with Gasteiger partial charge < -0.3 is 9.47 Å². The highest BCUT2D eigenvalue weighted by Crippen LogP contribution is 2.40. The minimum absolute atomic E-state index is 0.0276. The molecule has 2 rings (SSSR count). The molecule has 108 valence electrons. The van der Waals surface area contributed by atoms with Crippen molar-refractivity contribution >= 4 is 15.9 Å². The van der Waals surface area contributed by atoms with Gasteiger partial charge in [0, 0.05) is 0 Å². The molecule has 0 unspecified atom stereocenters. The average Bonchev–Trinajstić information content (AvgIpc) is 2.43. The van der Waals surface area contributed by atoms with Crippen molar-refractivity contribution in [1.29, 1.82) is 0 Å². The summed E-state index contributed by atoms with van der Waals surface area (Å²) in [6.45, 7) is 5.91. The molecular formula is C17H21BrO2.